The zero-order chi connectivity index (χ0) is 9.19. The molecule has 0 bridgehead atoms. The summed E-state index contributed by atoms with van der Waals surface area (Å²) in [6.45, 7) is 6.75. The van der Waals surface area contributed by atoms with Gasteiger partial charge in [-0.25, -0.2) is 0 Å². The average molecular weight is 172 g/mol. The second-order valence-corrected chi connectivity index (χ2v) is 4.73. The first-order valence-corrected chi connectivity index (χ1v) is 4.80. The van der Waals surface area contributed by atoms with E-state index in [0.717, 1.165) is 12.8 Å². The maximum Gasteiger partial charge on any atom is 0.0809 e. The number of ether oxygens (including phenoxy) is 1. The molecule has 0 amide bonds. The van der Waals surface area contributed by atoms with Crippen LogP contribution in [0, 0.1) is 5.41 Å². The van der Waals surface area contributed by atoms with Crippen molar-refractivity contribution in [2.75, 3.05) is 6.61 Å². The van der Waals surface area contributed by atoms with Gasteiger partial charge >= 0.3 is 0 Å². The largest absolute Gasteiger partial charge is 0.394 e. The molecule has 2 nitrogen and oxygen atoms in total. The number of rotatable bonds is 1. The first kappa shape index (κ1) is 10.0. The second kappa shape index (κ2) is 3.75. The van der Waals surface area contributed by atoms with Gasteiger partial charge in [0, 0.05) is 0 Å². The van der Waals surface area contributed by atoms with Gasteiger partial charge in [-0.1, -0.05) is 20.8 Å². The van der Waals surface area contributed by atoms with Gasteiger partial charge in [0.2, 0.25) is 0 Å². The maximum absolute atomic E-state index is 8.95. The van der Waals surface area contributed by atoms with E-state index in [0.29, 0.717) is 6.10 Å². The minimum atomic E-state index is 0.0861. The molecule has 12 heavy (non-hydrogen) atoms. The number of hydrogen-bond donors (Lipinski definition) is 1. The quantitative estimate of drug-likeness (QED) is 0.655. The molecule has 0 aromatic carbocycles. The molecule has 2 heteroatoms. The zero-order valence-electron chi connectivity index (χ0n) is 8.34. The minimum Gasteiger partial charge on any atom is -0.394 e. The van der Waals surface area contributed by atoms with Gasteiger partial charge in [0.1, 0.15) is 0 Å². The van der Waals surface area contributed by atoms with E-state index >= 15 is 0 Å². The summed E-state index contributed by atoms with van der Waals surface area (Å²) in [6, 6.07) is 0. The average Bonchev–Trinajstić information content (AvgIpc) is 2.03. The van der Waals surface area contributed by atoms with Crippen LogP contribution in [0.4, 0.5) is 0 Å². The molecule has 1 aliphatic rings. The maximum atomic E-state index is 8.95. The Morgan fingerprint density at radius 1 is 1.33 bits per heavy atom. The van der Waals surface area contributed by atoms with Crippen LogP contribution in [0.3, 0.4) is 0 Å². The van der Waals surface area contributed by atoms with Crippen molar-refractivity contribution in [1.29, 1.82) is 0 Å². The number of aliphatic hydroxyl groups excluding tert-OH is 1. The normalized spacial score (nSPS) is 32.0. The van der Waals surface area contributed by atoms with Crippen LogP contribution in [-0.2, 0) is 4.74 Å². The monoisotopic (exact) mass is 172 g/mol. The highest BCUT2D eigenvalue weighted by molar-refractivity contribution is 4.79. The lowest BCUT2D eigenvalue weighted by molar-refractivity contribution is -0.113. The third-order valence-electron chi connectivity index (χ3n) is 2.52. The minimum absolute atomic E-state index is 0.0861. The number of aliphatic hydroxyl groups is 1. The van der Waals surface area contributed by atoms with Crippen LogP contribution in [0.15, 0.2) is 0 Å². The van der Waals surface area contributed by atoms with Crippen molar-refractivity contribution < 1.29 is 9.84 Å². The van der Waals surface area contributed by atoms with Crippen LogP contribution in [-0.4, -0.2) is 23.9 Å². The second-order valence-electron chi connectivity index (χ2n) is 4.73. The van der Waals surface area contributed by atoms with Crippen molar-refractivity contribution in [1.82, 2.24) is 0 Å². The molecular formula is C10H20O2. The Balaban J connectivity index is 2.46. The van der Waals surface area contributed by atoms with Crippen molar-refractivity contribution >= 4 is 0 Å². The highest BCUT2D eigenvalue weighted by Crippen LogP contribution is 2.31. The smallest absolute Gasteiger partial charge is 0.0809 e. The Morgan fingerprint density at radius 2 is 2.00 bits per heavy atom. The molecule has 0 aliphatic carbocycles. The molecule has 0 aromatic heterocycles. The van der Waals surface area contributed by atoms with Crippen LogP contribution in [0.5, 0.6) is 0 Å². The summed E-state index contributed by atoms with van der Waals surface area (Å²) in [5.41, 5.74) is 0.216. The Hall–Kier alpha value is -0.0800. The lowest BCUT2D eigenvalue weighted by atomic mass is 9.84. The van der Waals surface area contributed by atoms with Crippen LogP contribution >= 0.6 is 0 Å². The van der Waals surface area contributed by atoms with Gasteiger partial charge in [0.15, 0.2) is 0 Å². The fourth-order valence-corrected chi connectivity index (χ4v) is 1.67. The molecule has 0 aromatic rings. The molecule has 1 saturated heterocycles. The summed E-state index contributed by atoms with van der Waals surface area (Å²) in [4.78, 5) is 0. The molecule has 1 rings (SSSR count). The fraction of sp³-hybridized carbons (Fsp3) is 1.00. The Morgan fingerprint density at radius 3 is 2.50 bits per heavy atom. The number of hydrogen-bond acceptors (Lipinski definition) is 2. The highest BCUT2D eigenvalue weighted by Gasteiger charge is 2.30. The van der Waals surface area contributed by atoms with Gasteiger partial charge < -0.3 is 9.84 Å². The Bertz CT molecular complexity index is 137. The van der Waals surface area contributed by atoms with E-state index in [1.54, 1.807) is 0 Å². The Labute approximate surface area is 74.9 Å². The van der Waals surface area contributed by atoms with Crippen molar-refractivity contribution in [3.63, 3.8) is 0 Å². The van der Waals surface area contributed by atoms with E-state index in [4.69, 9.17) is 9.84 Å². The third-order valence-corrected chi connectivity index (χ3v) is 2.52. The molecule has 1 fully saturated rings. The van der Waals surface area contributed by atoms with E-state index in [1.165, 1.54) is 6.42 Å². The molecule has 72 valence electrons. The van der Waals surface area contributed by atoms with E-state index in [1.807, 2.05) is 0 Å². The van der Waals surface area contributed by atoms with Gasteiger partial charge in [-0.15, -0.1) is 0 Å². The summed E-state index contributed by atoms with van der Waals surface area (Å²) in [6.07, 6.45) is 3.75. The summed E-state index contributed by atoms with van der Waals surface area (Å²) in [7, 11) is 0. The van der Waals surface area contributed by atoms with Crippen LogP contribution < -0.4 is 0 Å². The van der Waals surface area contributed by atoms with Crippen molar-refractivity contribution in [2.24, 2.45) is 5.41 Å². The van der Waals surface area contributed by atoms with Gasteiger partial charge in [0.05, 0.1) is 18.8 Å². The van der Waals surface area contributed by atoms with Gasteiger partial charge in [0.25, 0.3) is 0 Å². The predicted octanol–water partition coefficient (Wildman–Crippen LogP) is 1.96. The molecule has 0 unspecified atom stereocenters. The summed E-state index contributed by atoms with van der Waals surface area (Å²) in [5.74, 6) is 0. The molecule has 1 aliphatic heterocycles. The summed E-state index contributed by atoms with van der Waals surface area (Å²) in [5, 5.41) is 8.95. The molecule has 1 N–H and O–H groups in total. The lowest BCUT2D eigenvalue weighted by Gasteiger charge is -2.37. The van der Waals surface area contributed by atoms with Gasteiger partial charge in [-0.3, -0.25) is 0 Å². The SMILES string of the molecule is CC(C)(C)[C@H]1CCC[C@H](CO)O1. The van der Waals surface area contributed by atoms with Crippen LogP contribution in [0.2, 0.25) is 0 Å². The zero-order valence-corrected chi connectivity index (χ0v) is 8.34. The Kier molecular flexibility index (Phi) is 3.13. The first-order chi connectivity index (χ1) is 5.54. The summed E-state index contributed by atoms with van der Waals surface area (Å²) < 4.78 is 5.75. The highest BCUT2D eigenvalue weighted by atomic mass is 16.5. The van der Waals surface area contributed by atoms with Crippen LogP contribution in [0.1, 0.15) is 40.0 Å². The molecule has 0 spiro atoms. The van der Waals surface area contributed by atoms with E-state index in [9.17, 15) is 0 Å². The molecular weight excluding hydrogens is 152 g/mol. The first-order valence-electron chi connectivity index (χ1n) is 4.80. The van der Waals surface area contributed by atoms with Crippen molar-refractivity contribution in [2.45, 2.75) is 52.2 Å². The molecule has 1 heterocycles. The molecule has 2 atom stereocenters. The van der Waals surface area contributed by atoms with Crippen molar-refractivity contribution in [3.05, 3.63) is 0 Å². The van der Waals surface area contributed by atoms with Gasteiger partial charge in [-0.05, 0) is 24.7 Å². The van der Waals surface area contributed by atoms with E-state index in [-0.39, 0.29) is 18.1 Å². The molecule has 0 saturated carbocycles. The fourth-order valence-electron chi connectivity index (χ4n) is 1.67. The predicted molar refractivity (Wildman–Crippen MR) is 49.1 cm³/mol. The standard InChI is InChI=1S/C10H20O2/c1-10(2,3)9-6-4-5-8(7-11)12-9/h8-9,11H,4-7H2,1-3H3/t8-,9-/m1/s1. The van der Waals surface area contributed by atoms with Crippen LogP contribution in [0.25, 0.3) is 0 Å². The molecule has 0 radical (unpaired) electrons. The van der Waals surface area contributed by atoms with Gasteiger partial charge in [-0.2, -0.15) is 0 Å². The van der Waals surface area contributed by atoms with E-state index in [2.05, 4.69) is 20.8 Å². The van der Waals surface area contributed by atoms with Crippen molar-refractivity contribution in [3.8, 4) is 0 Å². The summed E-state index contributed by atoms with van der Waals surface area (Å²) >= 11 is 0. The topological polar surface area (TPSA) is 29.5 Å². The van der Waals surface area contributed by atoms with E-state index < -0.39 is 0 Å². The third kappa shape index (κ3) is 2.46. The lowest BCUT2D eigenvalue weighted by Crippen LogP contribution is -2.38.